The molecular formula is C21H31N5O2. The predicted octanol–water partition coefficient (Wildman–Crippen LogP) is 4.26. The van der Waals surface area contributed by atoms with Crippen LogP contribution in [-0.4, -0.2) is 36.6 Å². The minimum Gasteiger partial charge on any atom is -0.475 e. The van der Waals surface area contributed by atoms with Crippen molar-refractivity contribution < 1.29 is 9.90 Å². The fourth-order valence-electron chi connectivity index (χ4n) is 4.61. The first-order chi connectivity index (χ1) is 13.4. The smallest absolute Gasteiger partial charge is 0.374 e. The van der Waals surface area contributed by atoms with Crippen molar-refractivity contribution >= 4 is 23.0 Å². The quantitative estimate of drug-likeness (QED) is 0.772. The predicted molar refractivity (Wildman–Crippen MR) is 109 cm³/mol. The summed E-state index contributed by atoms with van der Waals surface area (Å²) in [7, 11) is 0. The van der Waals surface area contributed by atoms with E-state index in [1.807, 2.05) is 6.92 Å². The van der Waals surface area contributed by atoms with Crippen LogP contribution in [-0.2, 0) is 6.54 Å². The van der Waals surface area contributed by atoms with Gasteiger partial charge < -0.3 is 15.0 Å². The van der Waals surface area contributed by atoms with Crippen molar-refractivity contribution in [3.05, 3.63) is 11.6 Å². The minimum atomic E-state index is -1.12. The van der Waals surface area contributed by atoms with Gasteiger partial charge in [0.2, 0.25) is 5.82 Å². The van der Waals surface area contributed by atoms with Gasteiger partial charge in [-0.15, -0.1) is 0 Å². The van der Waals surface area contributed by atoms with Crippen molar-refractivity contribution in [2.45, 2.75) is 78.3 Å². The molecule has 1 unspecified atom stereocenters. The Balaban J connectivity index is 1.70. The molecule has 1 atom stereocenters. The van der Waals surface area contributed by atoms with Crippen LogP contribution in [0.4, 0.5) is 5.82 Å². The molecule has 7 nitrogen and oxygen atoms in total. The van der Waals surface area contributed by atoms with Crippen LogP contribution >= 0.6 is 0 Å². The van der Waals surface area contributed by atoms with Gasteiger partial charge in [-0.3, -0.25) is 0 Å². The molecule has 2 aromatic rings. The maximum atomic E-state index is 11.5. The molecule has 2 heterocycles. The number of rotatable bonds is 6. The minimum absolute atomic E-state index is 0.188. The van der Waals surface area contributed by atoms with Crippen molar-refractivity contribution in [1.29, 1.82) is 0 Å². The van der Waals surface area contributed by atoms with Crippen LogP contribution in [0.15, 0.2) is 0 Å². The van der Waals surface area contributed by atoms with Gasteiger partial charge in [0.25, 0.3) is 0 Å². The molecule has 152 valence electrons. The zero-order valence-corrected chi connectivity index (χ0v) is 17.1. The lowest BCUT2D eigenvalue weighted by Gasteiger charge is -2.32. The summed E-state index contributed by atoms with van der Waals surface area (Å²) < 4.78 is 2.21. The van der Waals surface area contributed by atoms with E-state index in [4.69, 9.17) is 0 Å². The molecule has 0 radical (unpaired) electrons. The van der Waals surface area contributed by atoms with Gasteiger partial charge in [-0.1, -0.05) is 26.2 Å². The van der Waals surface area contributed by atoms with Gasteiger partial charge in [-0.25, -0.2) is 19.7 Å². The average molecular weight is 386 g/mol. The monoisotopic (exact) mass is 385 g/mol. The average Bonchev–Trinajstić information content (AvgIpc) is 2.91. The van der Waals surface area contributed by atoms with Gasteiger partial charge in [-0.2, -0.15) is 0 Å². The maximum absolute atomic E-state index is 11.5. The van der Waals surface area contributed by atoms with E-state index in [-0.39, 0.29) is 11.9 Å². The highest BCUT2D eigenvalue weighted by atomic mass is 16.4. The summed E-state index contributed by atoms with van der Waals surface area (Å²) in [4.78, 5) is 24.7. The Labute approximate surface area is 166 Å². The van der Waals surface area contributed by atoms with E-state index in [1.165, 1.54) is 44.9 Å². The second-order valence-corrected chi connectivity index (χ2v) is 8.89. The Bertz CT molecular complexity index is 865. The van der Waals surface area contributed by atoms with Crippen molar-refractivity contribution in [3.8, 4) is 0 Å². The van der Waals surface area contributed by atoms with Gasteiger partial charge in [0, 0.05) is 12.6 Å². The highest BCUT2D eigenvalue weighted by Crippen LogP contribution is 2.34. The van der Waals surface area contributed by atoms with E-state index < -0.39 is 5.97 Å². The summed E-state index contributed by atoms with van der Waals surface area (Å²) >= 11 is 0. The Hall–Kier alpha value is -2.18. The number of fused-ring (bicyclic) bond motifs is 1. The Morgan fingerprint density at radius 3 is 2.50 bits per heavy atom. The van der Waals surface area contributed by atoms with Crippen LogP contribution < -0.4 is 5.32 Å². The van der Waals surface area contributed by atoms with Gasteiger partial charge in [0.15, 0.2) is 11.5 Å². The SMILES string of the molecule is Cc1nc2nc(C(=O)O)nc(NC(C)C3CCC3)c2n1CC1CCC(C)CC1. The number of carbonyl (C=O) groups is 1. The van der Waals surface area contributed by atoms with Crippen LogP contribution in [0.3, 0.4) is 0 Å². The van der Waals surface area contributed by atoms with Gasteiger partial charge in [0.1, 0.15) is 11.3 Å². The molecule has 0 bridgehead atoms. The van der Waals surface area contributed by atoms with Gasteiger partial charge in [0.05, 0.1) is 0 Å². The molecule has 2 saturated carbocycles. The zero-order valence-electron chi connectivity index (χ0n) is 17.1. The Morgan fingerprint density at radius 1 is 1.18 bits per heavy atom. The fourth-order valence-corrected chi connectivity index (χ4v) is 4.61. The lowest BCUT2D eigenvalue weighted by atomic mass is 9.80. The van der Waals surface area contributed by atoms with Crippen molar-refractivity contribution in [2.24, 2.45) is 17.8 Å². The molecule has 2 fully saturated rings. The highest BCUT2D eigenvalue weighted by Gasteiger charge is 2.27. The lowest BCUT2D eigenvalue weighted by Crippen LogP contribution is -2.31. The first-order valence-electron chi connectivity index (χ1n) is 10.7. The van der Waals surface area contributed by atoms with Gasteiger partial charge in [-0.05, 0) is 57.3 Å². The van der Waals surface area contributed by atoms with Crippen LogP contribution in [0, 0.1) is 24.7 Å². The molecule has 2 N–H and O–H groups in total. The number of aryl methyl sites for hydroxylation is 1. The van der Waals surface area contributed by atoms with Crippen molar-refractivity contribution in [1.82, 2.24) is 19.5 Å². The third kappa shape index (κ3) is 3.71. The fraction of sp³-hybridized carbons (Fsp3) is 0.714. The Morgan fingerprint density at radius 2 is 1.89 bits per heavy atom. The van der Waals surface area contributed by atoms with E-state index in [9.17, 15) is 9.90 Å². The summed E-state index contributed by atoms with van der Waals surface area (Å²) in [6.45, 7) is 7.37. The van der Waals surface area contributed by atoms with Gasteiger partial charge >= 0.3 is 5.97 Å². The molecule has 7 heteroatoms. The number of aromatic carboxylic acids is 1. The Kier molecular flexibility index (Phi) is 5.25. The zero-order chi connectivity index (χ0) is 19.8. The first-order valence-corrected chi connectivity index (χ1v) is 10.7. The number of carboxylic acid groups (broad SMARTS) is 1. The third-order valence-corrected chi connectivity index (χ3v) is 6.78. The van der Waals surface area contributed by atoms with E-state index in [1.54, 1.807) is 0 Å². The largest absolute Gasteiger partial charge is 0.475 e. The van der Waals surface area contributed by atoms with E-state index in [0.717, 1.165) is 23.8 Å². The van der Waals surface area contributed by atoms with Crippen LogP contribution in [0.5, 0.6) is 0 Å². The number of aromatic nitrogens is 4. The normalized spacial score (nSPS) is 24.1. The highest BCUT2D eigenvalue weighted by molar-refractivity contribution is 5.90. The van der Waals surface area contributed by atoms with Crippen LogP contribution in [0.2, 0.25) is 0 Å². The molecule has 2 aromatic heterocycles. The summed E-state index contributed by atoms with van der Waals surface area (Å²) in [5.74, 6) is 2.26. The second kappa shape index (κ2) is 7.68. The van der Waals surface area contributed by atoms with Crippen LogP contribution in [0.25, 0.3) is 11.2 Å². The number of hydrogen-bond donors (Lipinski definition) is 2. The molecule has 28 heavy (non-hydrogen) atoms. The summed E-state index contributed by atoms with van der Waals surface area (Å²) in [5.41, 5.74) is 1.34. The molecule has 0 aliphatic heterocycles. The van der Waals surface area contributed by atoms with Crippen LogP contribution in [0.1, 0.15) is 75.2 Å². The molecule has 0 amide bonds. The van der Waals surface area contributed by atoms with E-state index in [0.29, 0.717) is 23.3 Å². The third-order valence-electron chi connectivity index (χ3n) is 6.78. The summed E-state index contributed by atoms with van der Waals surface area (Å²) in [5, 5.41) is 12.9. The topological polar surface area (TPSA) is 92.9 Å². The number of nitrogens with zero attached hydrogens (tertiary/aromatic N) is 4. The maximum Gasteiger partial charge on any atom is 0.374 e. The summed E-state index contributed by atoms with van der Waals surface area (Å²) in [6, 6.07) is 0.257. The molecular weight excluding hydrogens is 354 g/mol. The second-order valence-electron chi connectivity index (χ2n) is 8.89. The number of carboxylic acids is 1. The molecule has 0 saturated heterocycles. The molecule has 0 spiro atoms. The lowest BCUT2D eigenvalue weighted by molar-refractivity contribution is 0.0684. The van der Waals surface area contributed by atoms with Crippen molar-refractivity contribution in [2.75, 3.05) is 5.32 Å². The van der Waals surface area contributed by atoms with Crippen molar-refractivity contribution in [3.63, 3.8) is 0 Å². The molecule has 2 aliphatic carbocycles. The van der Waals surface area contributed by atoms with E-state index >= 15 is 0 Å². The number of anilines is 1. The molecule has 4 rings (SSSR count). The number of imidazole rings is 1. The standard InChI is InChI=1S/C21H31N5O2/c1-12-7-9-15(10-8-12)11-26-14(3)23-19-17(26)18(24-20(25-19)21(27)28)22-13(2)16-5-4-6-16/h12-13,15-16H,4-11H2,1-3H3,(H,27,28)(H,22,24,25). The number of nitrogens with one attached hydrogen (secondary N) is 1. The first kappa shape index (κ1) is 19.2. The van der Waals surface area contributed by atoms with E-state index in [2.05, 4.69) is 38.7 Å². The number of hydrogen-bond acceptors (Lipinski definition) is 5. The molecule has 2 aliphatic rings. The molecule has 0 aromatic carbocycles. The summed E-state index contributed by atoms with van der Waals surface area (Å²) in [6.07, 6.45) is 8.72.